The highest BCUT2D eigenvalue weighted by Crippen LogP contribution is 2.33. The summed E-state index contributed by atoms with van der Waals surface area (Å²) in [5.41, 5.74) is 6.99. The first kappa shape index (κ1) is 36.0. The van der Waals surface area contributed by atoms with Gasteiger partial charge in [-0.25, -0.2) is 0 Å². The van der Waals surface area contributed by atoms with Crippen LogP contribution in [0.3, 0.4) is 0 Å². The minimum Gasteiger partial charge on any atom is -1.00 e. The van der Waals surface area contributed by atoms with Crippen LogP contribution in [0.2, 0.25) is 0 Å². The first-order valence-electron chi connectivity index (χ1n) is 15.9. The van der Waals surface area contributed by atoms with Gasteiger partial charge in [-0.1, -0.05) is 122 Å². The Balaban J connectivity index is 0.00000616. The van der Waals surface area contributed by atoms with E-state index in [1.165, 1.54) is 81.9 Å². The number of benzene rings is 2. The van der Waals surface area contributed by atoms with Crippen molar-refractivity contribution in [2.24, 2.45) is 0 Å². The molecule has 0 bridgehead atoms. The van der Waals surface area contributed by atoms with E-state index in [4.69, 9.17) is 4.74 Å². The molecule has 0 spiro atoms. The Morgan fingerprint density at radius 2 is 1.45 bits per heavy atom. The summed E-state index contributed by atoms with van der Waals surface area (Å²) in [6, 6.07) is 14.0. The van der Waals surface area contributed by atoms with Crippen LogP contribution in [0.25, 0.3) is 0 Å². The van der Waals surface area contributed by atoms with Crippen molar-refractivity contribution in [2.75, 3.05) is 11.9 Å². The van der Waals surface area contributed by atoms with Crippen molar-refractivity contribution in [1.29, 1.82) is 0 Å². The fourth-order valence-electron chi connectivity index (χ4n) is 5.12. The van der Waals surface area contributed by atoms with E-state index >= 15 is 0 Å². The second kappa shape index (κ2) is 19.2. The summed E-state index contributed by atoms with van der Waals surface area (Å²) in [5, 5.41) is 5.21. The van der Waals surface area contributed by atoms with Crippen molar-refractivity contribution >= 4 is 22.9 Å². The fourth-order valence-corrected chi connectivity index (χ4v) is 5.90. The van der Waals surface area contributed by atoms with E-state index in [0.717, 1.165) is 36.6 Å². The number of ether oxygens (including phenoxy) is 1. The lowest BCUT2D eigenvalue weighted by molar-refractivity contribution is -0.689. The number of unbranched alkanes of at least 4 members (excludes halogenated alkanes) is 11. The number of aryl methyl sites for hydroxylation is 1. The van der Waals surface area contributed by atoms with E-state index in [9.17, 15) is 4.79 Å². The number of nitrogens with one attached hydrogen (secondary N) is 1. The minimum atomic E-state index is -0.124. The van der Waals surface area contributed by atoms with E-state index in [-0.39, 0.29) is 28.3 Å². The number of aromatic nitrogens is 1. The maximum Gasteiger partial charge on any atom is 0.255 e. The van der Waals surface area contributed by atoms with Crippen LogP contribution in [0.1, 0.15) is 132 Å². The van der Waals surface area contributed by atoms with Crippen LogP contribution >= 0.6 is 11.3 Å². The van der Waals surface area contributed by atoms with Gasteiger partial charge >= 0.3 is 0 Å². The molecule has 42 heavy (non-hydrogen) atoms. The Kier molecular flexibility index (Phi) is 16.4. The number of carbonyl (C=O) groups is 1. The molecule has 1 amide bonds. The monoisotopic (exact) mass is 656 g/mol. The van der Waals surface area contributed by atoms with Crippen molar-refractivity contribution in [3.63, 3.8) is 0 Å². The lowest BCUT2D eigenvalue weighted by atomic mass is 9.85. The second-order valence-electron chi connectivity index (χ2n) is 12.5. The zero-order valence-electron chi connectivity index (χ0n) is 26.6. The van der Waals surface area contributed by atoms with Gasteiger partial charge < -0.3 is 27.0 Å². The molecule has 232 valence electrons. The summed E-state index contributed by atoms with van der Waals surface area (Å²) in [4.78, 5) is 13.1. The lowest BCUT2D eigenvalue weighted by Crippen LogP contribution is -3.00. The molecule has 0 fully saturated rings. The molecule has 0 saturated carbocycles. The molecule has 6 heteroatoms. The first-order chi connectivity index (χ1) is 19.8. The summed E-state index contributed by atoms with van der Waals surface area (Å²) in [7, 11) is 0. The summed E-state index contributed by atoms with van der Waals surface area (Å²) in [6.07, 6.45) is 16.0. The van der Waals surface area contributed by atoms with Crippen LogP contribution in [0.5, 0.6) is 5.75 Å². The molecule has 0 atom stereocenters. The number of halogens is 1. The molecule has 3 rings (SSSR count). The smallest absolute Gasteiger partial charge is 0.255 e. The molecular formula is C36H53BrN2O2S. The summed E-state index contributed by atoms with van der Waals surface area (Å²) >= 11 is 1.71. The van der Waals surface area contributed by atoms with Gasteiger partial charge in [0.2, 0.25) is 5.51 Å². The first-order valence-corrected chi connectivity index (χ1v) is 16.8. The molecule has 2 aromatic carbocycles. The molecule has 4 nitrogen and oxygen atoms in total. The molecule has 0 aliphatic carbocycles. The third-order valence-corrected chi connectivity index (χ3v) is 8.60. The van der Waals surface area contributed by atoms with E-state index in [0.29, 0.717) is 5.56 Å². The molecule has 1 heterocycles. The van der Waals surface area contributed by atoms with Crippen LogP contribution in [-0.4, -0.2) is 12.5 Å². The number of hydrogen-bond acceptors (Lipinski definition) is 3. The zero-order chi connectivity index (χ0) is 29.5. The number of anilines is 1. The van der Waals surface area contributed by atoms with Crippen molar-refractivity contribution in [3.05, 3.63) is 75.7 Å². The zero-order valence-corrected chi connectivity index (χ0v) is 29.0. The maximum absolute atomic E-state index is 13.1. The predicted octanol–water partition coefficient (Wildman–Crippen LogP) is 7.03. The average molecular weight is 658 g/mol. The quantitative estimate of drug-likeness (QED) is 0.118. The van der Waals surface area contributed by atoms with Gasteiger partial charge in [-0.05, 0) is 42.2 Å². The minimum absolute atomic E-state index is 0. The fraction of sp³-hybridized carbons (Fsp3) is 0.556. The van der Waals surface area contributed by atoms with Crippen LogP contribution < -0.4 is 31.6 Å². The highest BCUT2D eigenvalue weighted by atomic mass is 79.9. The van der Waals surface area contributed by atoms with Gasteiger partial charge in [0.1, 0.15) is 5.75 Å². The molecule has 0 aliphatic rings. The molecule has 3 aromatic rings. The normalized spacial score (nSPS) is 11.3. The van der Waals surface area contributed by atoms with E-state index in [1.54, 1.807) is 11.3 Å². The lowest BCUT2D eigenvalue weighted by Gasteiger charge is -2.23. The maximum atomic E-state index is 13.1. The third-order valence-electron chi connectivity index (χ3n) is 7.75. The summed E-state index contributed by atoms with van der Waals surface area (Å²) in [6.45, 7) is 12.5. The number of rotatable bonds is 18. The summed E-state index contributed by atoms with van der Waals surface area (Å²) < 4.78 is 8.47. The summed E-state index contributed by atoms with van der Waals surface area (Å²) in [5.74, 6) is 0.793. The molecule has 0 radical (unpaired) electrons. The number of carbonyl (C=O) groups excluding carboxylic acids is 1. The Bertz CT molecular complexity index is 1180. The van der Waals surface area contributed by atoms with Crippen LogP contribution in [0, 0.1) is 6.92 Å². The molecule has 1 N–H and O–H groups in total. The van der Waals surface area contributed by atoms with E-state index < -0.39 is 0 Å². The average Bonchev–Trinajstić information content (AvgIpc) is 3.35. The van der Waals surface area contributed by atoms with Gasteiger partial charge in [-0.3, -0.25) is 4.79 Å². The highest BCUT2D eigenvalue weighted by Gasteiger charge is 2.21. The number of thiazole rings is 1. The highest BCUT2D eigenvalue weighted by molar-refractivity contribution is 7.07. The Labute approximate surface area is 270 Å². The third kappa shape index (κ3) is 12.6. The van der Waals surface area contributed by atoms with E-state index in [1.807, 2.05) is 30.3 Å². The van der Waals surface area contributed by atoms with Crippen molar-refractivity contribution in [3.8, 4) is 5.75 Å². The topological polar surface area (TPSA) is 42.2 Å². The van der Waals surface area contributed by atoms with E-state index in [2.05, 4.69) is 67.5 Å². The number of hydrogen-bond donors (Lipinski definition) is 1. The van der Waals surface area contributed by atoms with Crippen LogP contribution in [0.15, 0.2) is 53.4 Å². The molecule has 1 aromatic heterocycles. The van der Waals surface area contributed by atoms with Crippen LogP contribution in [-0.2, 0) is 12.0 Å². The Morgan fingerprint density at radius 1 is 0.857 bits per heavy atom. The molecular weight excluding hydrogens is 604 g/mol. The van der Waals surface area contributed by atoms with Gasteiger partial charge in [-0.2, -0.15) is 4.57 Å². The molecule has 0 saturated heterocycles. The molecule has 0 aliphatic heterocycles. The van der Waals surface area contributed by atoms with Gasteiger partial charge in [0, 0.05) is 29.3 Å². The van der Waals surface area contributed by atoms with Crippen molar-refractivity contribution in [2.45, 2.75) is 124 Å². The van der Waals surface area contributed by atoms with Gasteiger partial charge in [0.05, 0.1) is 12.0 Å². The number of nitrogens with zero attached hydrogens (tertiary/aromatic N) is 1. The standard InChI is InChI=1S/C36H52N2O2S.BrH/c1-6-7-8-9-10-11-12-13-14-15-16-17-24-40-34-23-20-31(25-33(34)36(3,4)5)35(39)37-32-21-18-30(19-22-32)26-38-28-41-27-29(38)2;/h18-23,25,27-28H,6-17,24,26H2,1-5H3;1H. The number of amides is 1. The van der Waals surface area contributed by atoms with Gasteiger partial charge in [0.25, 0.3) is 5.91 Å². The Hall–Kier alpha value is -2.18. The predicted molar refractivity (Wildman–Crippen MR) is 174 cm³/mol. The van der Waals surface area contributed by atoms with Crippen molar-refractivity contribution < 1.29 is 31.1 Å². The molecule has 0 unspecified atom stereocenters. The van der Waals surface area contributed by atoms with Gasteiger partial charge in [0.15, 0.2) is 12.2 Å². The van der Waals surface area contributed by atoms with Crippen molar-refractivity contribution in [1.82, 2.24) is 0 Å². The largest absolute Gasteiger partial charge is 1.00 e. The van der Waals surface area contributed by atoms with Crippen LogP contribution in [0.4, 0.5) is 5.69 Å². The Morgan fingerprint density at radius 3 is 2.00 bits per heavy atom. The van der Waals surface area contributed by atoms with Gasteiger partial charge in [-0.15, -0.1) is 0 Å². The second-order valence-corrected chi connectivity index (χ2v) is 13.2. The SMILES string of the molecule is CCCCCCCCCCCCCCOc1ccc(C(=O)Nc2ccc(C[n+]3cscc3C)cc2)cc1C(C)(C)C.[Br-].